The fourth-order valence-corrected chi connectivity index (χ4v) is 2.45. The molecule has 0 saturated carbocycles. The average molecular weight is 257 g/mol. The number of hydrogen-bond acceptors (Lipinski definition) is 2. The standard InChI is InChI=1S/C16H23N3/c1-6-16(17-5)14-8-7-9-15(10-14)19-13(4)11(2)12(3)18-19/h7-10,16-17H,6H2,1-5H3. The molecule has 0 spiro atoms. The summed E-state index contributed by atoms with van der Waals surface area (Å²) in [5.74, 6) is 0. The highest BCUT2D eigenvalue weighted by molar-refractivity contribution is 5.40. The Morgan fingerprint density at radius 2 is 2.00 bits per heavy atom. The number of nitrogens with zero attached hydrogens (tertiary/aromatic N) is 2. The molecule has 3 nitrogen and oxygen atoms in total. The zero-order valence-electron chi connectivity index (χ0n) is 12.5. The van der Waals surface area contributed by atoms with Gasteiger partial charge in [-0.05, 0) is 57.5 Å². The van der Waals surface area contributed by atoms with E-state index in [9.17, 15) is 0 Å². The fourth-order valence-electron chi connectivity index (χ4n) is 2.45. The van der Waals surface area contributed by atoms with Gasteiger partial charge in [-0.3, -0.25) is 0 Å². The third-order valence-corrected chi connectivity index (χ3v) is 3.93. The summed E-state index contributed by atoms with van der Waals surface area (Å²) in [5, 5.41) is 7.98. The Kier molecular flexibility index (Phi) is 4.05. The number of benzene rings is 1. The van der Waals surface area contributed by atoms with E-state index in [2.05, 4.69) is 62.4 Å². The lowest BCUT2D eigenvalue weighted by molar-refractivity contribution is 0.576. The van der Waals surface area contributed by atoms with Crippen LogP contribution in [0.15, 0.2) is 24.3 Å². The number of aryl methyl sites for hydroxylation is 1. The molecule has 1 aromatic heterocycles. The van der Waals surface area contributed by atoms with E-state index in [1.807, 2.05) is 11.7 Å². The van der Waals surface area contributed by atoms with Gasteiger partial charge >= 0.3 is 0 Å². The minimum atomic E-state index is 0.401. The number of nitrogens with one attached hydrogen (secondary N) is 1. The largest absolute Gasteiger partial charge is 0.313 e. The highest BCUT2D eigenvalue weighted by Crippen LogP contribution is 2.21. The summed E-state index contributed by atoms with van der Waals surface area (Å²) in [7, 11) is 2.01. The van der Waals surface area contributed by atoms with Crippen LogP contribution in [0.4, 0.5) is 0 Å². The van der Waals surface area contributed by atoms with Gasteiger partial charge in [0, 0.05) is 11.7 Å². The first-order chi connectivity index (χ1) is 9.08. The van der Waals surface area contributed by atoms with Crippen LogP contribution in [0.25, 0.3) is 5.69 Å². The van der Waals surface area contributed by atoms with Gasteiger partial charge in [0.05, 0.1) is 11.4 Å². The topological polar surface area (TPSA) is 29.9 Å². The molecule has 1 heterocycles. The van der Waals surface area contributed by atoms with Crippen molar-refractivity contribution in [1.29, 1.82) is 0 Å². The van der Waals surface area contributed by atoms with Gasteiger partial charge in [0.2, 0.25) is 0 Å². The van der Waals surface area contributed by atoms with Crippen LogP contribution in [-0.4, -0.2) is 16.8 Å². The monoisotopic (exact) mass is 257 g/mol. The van der Waals surface area contributed by atoms with Crippen molar-refractivity contribution >= 4 is 0 Å². The van der Waals surface area contributed by atoms with Crippen LogP contribution >= 0.6 is 0 Å². The van der Waals surface area contributed by atoms with Crippen molar-refractivity contribution in [2.75, 3.05) is 7.05 Å². The molecule has 0 bridgehead atoms. The first-order valence-electron chi connectivity index (χ1n) is 6.88. The number of rotatable bonds is 4. The van der Waals surface area contributed by atoms with Crippen molar-refractivity contribution in [1.82, 2.24) is 15.1 Å². The summed E-state index contributed by atoms with van der Waals surface area (Å²) in [6, 6.07) is 9.02. The molecule has 1 N–H and O–H groups in total. The Morgan fingerprint density at radius 3 is 2.53 bits per heavy atom. The van der Waals surface area contributed by atoms with Gasteiger partial charge in [-0.15, -0.1) is 0 Å². The Bertz CT molecular complexity index is 565. The van der Waals surface area contributed by atoms with Crippen LogP contribution in [0.5, 0.6) is 0 Å². The van der Waals surface area contributed by atoms with E-state index in [-0.39, 0.29) is 0 Å². The Hall–Kier alpha value is -1.61. The summed E-state index contributed by atoms with van der Waals surface area (Å²) in [4.78, 5) is 0. The van der Waals surface area contributed by atoms with Gasteiger partial charge in [-0.1, -0.05) is 19.1 Å². The van der Waals surface area contributed by atoms with Crippen molar-refractivity contribution in [3.63, 3.8) is 0 Å². The van der Waals surface area contributed by atoms with Crippen LogP contribution < -0.4 is 5.32 Å². The summed E-state index contributed by atoms with van der Waals surface area (Å²) < 4.78 is 2.04. The highest BCUT2D eigenvalue weighted by atomic mass is 15.3. The quantitative estimate of drug-likeness (QED) is 0.909. The summed E-state index contributed by atoms with van der Waals surface area (Å²) in [5.41, 5.74) is 6.04. The maximum Gasteiger partial charge on any atom is 0.0652 e. The zero-order chi connectivity index (χ0) is 14.0. The van der Waals surface area contributed by atoms with Crippen molar-refractivity contribution < 1.29 is 0 Å². The van der Waals surface area contributed by atoms with Crippen LogP contribution in [0.1, 0.15) is 41.9 Å². The molecule has 19 heavy (non-hydrogen) atoms. The van der Waals surface area contributed by atoms with E-state index in [0.717, 1.165) is 17.8 Å². The first kappa shape index (κ1) is 13.8. The number of hydrogen-bond donors (Lipinski definition) is 1. The molecule has 0 aliphatic heterocycles. The predicted molar refractivity (Wildman–Crippen MR) is 79.9 cm³/mol. The van der Waals surface area contributed by atoms with Crippen LogP contribution in [0, 0.1) is 20.8 Å². The second kappa shape index (κ2) is 5.57. The maximum absolute atomic E-state index is 4.63. The third-order valence-electron chi connectivity index (χ3n) is 3.93. The van der Waals surface area contributed by atoms with Crippen LogP contribution in [0.2, 0.25) is 0 Å². The van der Waals surface area contributed by atoms with E-state index in [1.165, 1.54) is 16.8 Å². The second-order valence-electron chi connectivity index (χ2n) is 5.05. The third kappa shape index (κ3) is 2.56. The van der Waals surface area contributed by atoms with Gasteiger partial charge in [0.25, 0.3) is 0 Å². The first-order valence-corrected chi connectivity index (χ1v) is 6.88. The molecule has 0 fully saturated rings. The molecule has 0 amide bonds. The van der Waals surface area contributed by atoms with Gasteiger partial charge < -0.3 is 5.32 Å². The second-order valence-corrected chi connectivity index (χ2v) is 5.05. The minimum absolute atomic E-state index is 0.401. The average Bonchev–Trinajstić information content (AvgIpc) is 2.68. The molecule has 0 saturated heterocycles. The van der Waals surface area contributed by atoms with Gasteiger partial charge in [-0.25, -0.2) is 4.68 Å². The number of aromatic nitrogens is 2. The molecule has 1 unspecified atom stereocenters. The lowest BCUT2D eigenvalue weighted by Gasteiger charge is -2.15. The fraction of sp³-hybridized carbons (Fsp3) is 0.438. The van der Waals surface area contributed by atoms with Crippen LogP contribution in [-0.2, 0) is 0 Å². The van der Waals surface area contributed by atoms with E-state index in [4.69, 9.17) is 0 Å². The van der Waals surface area contributed by atoms with Gasteiger partial charge in [-0.2, -0.15) is 5.10 Å². The summed E-state index contributed by atoms with van der Waals surface area (Å²) in [6.07, 6.45) is 1.08. The summed E-state index contributed by atoms with van der Waals surface area (Å²) in [6.45, 7) is 8.50. The Labute approximate surface area is 115 Å². The van der Waals surface area contributed by atoms with E-state index in [0.29, 0.717) is 6.04 Å². The normalized spacial score (nSPS) is 12.7. The van der Waals surface area contributed by atoms with E-state index in [1.54, 1.807) is 0 Å². The smallest absolute Gasteiger partial charge is 0.0652 e. The van der Waals surface area contributed by atoms with Crippen molar-refractivity contribution in [3.05, 3.63) is 46.8 Å². The maximum atomic E-state index is 4.63. The van der Waals surface area contributed by atoms with Gasteiger partial charge in [0.1, 0.15) is 0 Å². The van der Waals surface area contributed by atoms with Crippen molar-refractivity contribution in [2.45, 2.75) is 40.2 Å². The summed E-state index contributed by atoms with van der Waals surface area (Å²) >= 11 is 0. The molecular weight excluding hydrogens is 234 g/mol. The molecule has 3 heteroatoms. The Balaban J connectivity index is 2.46. The van der Waals surface area contributed by atoms with Gasteiger partial charge in [0.15, 0.2) is 0 Å². The molecular formula is C16H23N3. The van der Waals surface area contributed by atoms with Crippen LogP contribution in [0.3, 0.4) is 0 Å². The SMILES string of the molecule is CCC(NC)c1cccc(-n2nc(C)c(C)c2C)c1. The molecule has 1 atom stereocenters. The van der Waals surface area contributed by atoms with E-state index >= 15 is 0 Å². The highest BCUT2D eigenvalue weighted by Gasteiger charge is 2.11. The molecule has 0 aliphatic rings. The lowest BCUT2D eigenvalue weighted by atomic mass is 10.0. The zero-order valence-corrected chi connectivity index (χ0v) is 12.5. The van der Waals surface area contributed by atoms with Crippen molar-refractivity contribution in [2.24, 2.45) is 0 Å². The molecule has 1 aromatic carbocycles. The molecule has 2 aromatic rings. The molecule has 0 aliphatic carbocycles. The molecule has 102 valence electrons. The van der Waals surface area contributed by atoms with Crippen molar-refractivity contribution in [3.8, 4) is 5.69 Å². The Morgan fingerprint density at radius 1 is 1.26 bits per heavy atom. The lowest BCUT2D eigenvalue weighted by Crippen LogP contribution is -2.15. The predicted octanol–water partition coefficient (Wildman–Crippen LogP) is 3.47. The molecule has 0 radical (unpaired) electrons. The van der Waals surface area contributed by atoms with E-state index < -0.39 is 0 Å². The molecule has 2 rings (SSSR count). The minimum Gasteiger partial charge on any atom is -0.313 e.